The van der Waals surface area contributed by atoms with Crippen LogP contribution in [0, 0.1) is 6.92 Å². The van der Waals surface area contributed by atoms with Crippen LogP contribution in [0.25, 0.3) is 0 Å². The Morgan fingerprint density at radius 2 is 1.95 bits per heavy atom. The monoisotopic (exact) mass is 265 g/mol. The second kappa shape index (κ2) is 8.94. The number of nitrogens with one attached hydrogen (secondary N) is 1. The largest absolute Gasteiger partial charge is 0.491 e. The lowest BCUT2D eigenvalue weighted by atomic mass is 10.1. The molecule has 1 aromatic rings. The number of ether oxygens (including phenoxy) is 2. The maximum Gasteiger partial charge on any atom is 0.123 e. The van der Waals surface area contributed by atoms with Crippen LogP contribution < -0.4 is 10.1 Å². The maximum atomic E-state index is 5.81. The van der Waals surface area contributed by atoms with E-state index in [-0.39, 0.29) is 0 Å². The van der Waals surface area contributed by atoms with Crippen LogP contribution in [-0.4, -0.2) is 25.9 Å². The fourth-order valence-corrected chi connectivity index (χ4v) is 1.76. The molecule has 0 saturated carbocycles. The molecule has 1 N–H and O–H groups in total. The van der Waals surface area contributed by atoms with Crippen LogP contribution in [0.4, 0.5) is 0 Å². The second-order valence-corrected chi connectivity index (χ2v) is 5.11. The highest BCUT2D eigenvalue weighted by Gasteiger charge is 2.05. The van der Waals surface area contributed by atoms with Gasteiger partial charge in [0.2, 0.25) is 0 Å². The molecule has 0 saturated heterocycles. The lowest BCUT2D eigenvalue weighted by Gasteiger charge is -2.14. The zero-order valence-electron chi connectivity index (χ0n) is 12.7. The minimum atomic E-state index is 0.473. The fraction of sp³-hybridized carbons (Fsp3) is 0.625. The van der Waals surface area contributed by atoms with Crippen LogP contribution in [0.3, 0.4) is 0 Å². The van der Waals surface area contributed by atoms with Crippen LogP contribution in [0.2, 0.25) is 0 Å². The van der Waals surface area contributed by atoms with Crippen LogP contribution in [-0.2, 0) is 11.3 Å². The van der Waals surface area contributed by atoms with E-state index < -0.39 is 0 Å². The molecule has 0 bridgehead atoms. The van der Waals surface area contributed by atoms with E-state index in [2.05, 4.69) is 45.1 Å². The molecule has 0 aliphatic heterocycles. The predicted octanol–water partition coefficient (Wildman–Crippen LogP) is 3.30. The SMILES string of the molecule is CCCOCCOc1ccc(C)cc1CNC(C)C. The summed E-state index contributed by atoms with van der Waals surface area (Å²) in [5, 5.41) is 3.43. The van der Waals surface area contributed by atoms with Gasteiger partial charge in [0.05, 0.1) is 6.61 Å². The van der Waals surface area contributed by atoms with Crippen molar-refractivity contribution in [3.8, 4) is 5.75 Å². The van der Waals surface area contributed by atoms with Crippen LogP contribution >= 0.6 is 0 Å². The molecule has 0 aromatic heterocycles. The molecule has 0 radical (unpaired) electrons. The number of rotatable bonds is 9. The van der Waals surface area contributed by atoms with E-state index >= 15 is 0 Å². The molecule has 0 unspecified atom stereocenters. The number of aryl methyl sites for hydroxylation is 1. The first kappa shape index (κ1) is 16.0. The Balaban J connectivity index is 2.50. The molecular formula is C16H27NO2. The van der Waals surface area contributed by atoms with Crippen molar-refractivity contribution < 1.29 is 9.47 Å². The van der Waals surface area contributed by atoms with Gasteiger partial charge in [-0.2, -0.15) is 0 Å². The van der Waals surface area contributed by atoms with Gasteiger partial charge >= 0.3 is 0 Å². The topological polar surface area (TPSA) is 30.5 Å². The van der Waals surface area contributed by atoms with Gasteiger partial charge in [-0.25, -0.2) is 0 Å². The van der Waals surface area contributed by atoms with Gasteiger partial charge in [0.25, 0.3) is 0 Å². The van der Waals surface area contributed by atoms with Crippen molar-refractivity contribution in [2.45, 2.75) is 46.7 Å². The molecular weight excluding hydrogens is 238 g/mol. The van der Waals surface area contributed by atoms with E-state index in [1.54, 1.807) is 0 Å². The number of benzene rings is 1. The molecule has 0 aliphatic rings. The summed E-state index contributed by atoms with van der Waals surface area (Å²) in [4.78, 5) is 0. The number of hydrogen-bond donors (Lipinski definition) is 1. The summed E-state index contributed by atoms with van der Waals surface area (Å²) in [6.07, 6.45) is 1.05. The van der Waals surface area contributed by atoms with Crippen molar-refractivity contribution in [2.75, 3.05) is 19.8 Å². The minimum absolute atomic E-state index is 0.473. The van der Waals surface area contributed by atoms with Gasteiger partial charge in [0.15, 0.2) is 0 Å². The summed E-state index contributed by atoms with van der Waals surface area (Å²) in [6, 6.07) is 6.78. The molecule has 0 fully saturated rings. The van der Waals surface area contributed by atoms with Crippen LogP contribution in [0.5, 0.6) is 5.75 Å². The third-order valence-electron chi connectivity index (χ3n) is 2.75. The summed E-state index contributed by atoms with van der Waals surface area (Å²) in [5.41, 5.74) is 2.47. The molecule has 0 aliphatic carbocycles. The third kappa shape index (κ3) is 6.60. The average molecular weight is 265 g/mol. The lowest BCUT2D eigenvalue weighted by molar-refractivity contribution is 0.100. The van der Waals surface area contributed by atoms with Gasteiger partial charge in [0.1, 0.15) is 12.4 Å². The van der Waals surface area contributed by atoms with E-state index in [0.29, 0.717) is 19.3 Å². The molecule has 0 heterocycles. The van der Waals surface area contributed by atoms with Gasteiger partial charge in [-0.15, -0.1) is 0 Å². The summed E-state index contributed by atoms with van der Waals surface area (Å²) in [5.74, 6) is 0.957. The summed E-state index contributed by atoms with van der Waals surface area (Å²) >= 11 is 0. The average Bonchev–Trinajstić information content (AvgIpc) is 2.38. The Morgan fingerprint density at radius 3 is 2.63 bits per heavy atom. The van der Waals surface area contributed by atoms with Gasteiger partial charge in [-0.05, 0) is 19.4 Å². The molecule has 108 valence electrons. The van der Waals surface area contributed by atoms with E-state index in [1.165, 1.54) is 11.1 Å². The first-order valence-electron chi connectivity index (χ1n) is 7.17. The first-order chi connectivity index (χ1) is 9.13. The molecule has 19 heavy (non-hydrogen) atoms. The Kier molecular flexibility index (Phi) is 7.53. The highest BCUT2D eigenvalue weighted by Crippen LogP contribution is 2.20. The van der Waals surface area contributed by atoms with Gasteiger partial charge in [-0.3, -0.25) is 0 Å². The zero-order valence-corrected chi connectivity index (χ0v) is 12.7. The van der Waals surface area contributed by atoms with Crippen molar-refractivity contribution in [2.24, 2.45) is 0 Å². The highest BCUT2D eigenvalue weighted by atomic mass is 16.5. The van der Waals surface area contributed by atoms with E-state index in [9.17, 15) is 0 Å². The standard InChI is InChI=1S/C16H27NO2/c1-5-8-18-9-10-19-16-7-6-14(4)11-15(16)12-17-13(2)3/h6-7,11,13,17H,5,8-10,12H2,1-4H3. The Morgan fingerprint density at radius 1 is 1.16 bits per heavy atom. The van der Waals surface area contributed by atoms with Crippen molar-refractivity contribution in [1.82, 2.24) is 5.32 Å². The van der Waals surface area contributed by atoms with Crippen molar-refractivity contribution in [3.05, 3.63) is 29.3 Å². The Bertz CT molecular complexity index is 364. The van der Waals surface area contributed by atoms with E-state index in [4.69, 9.17) is 9.47 Å². The second-order valence-electron chi connectivity index (χ2n) is 5.11. The molecule has 3 heteroatoms. The predicted molar refractivity (Wildman–Crippen MR) is 79.8 cm³/mol. The van der Waals surface area contributed by atoms with Gasteiger partial charge in [0, 0.05) is 24.8 Å². The van der Waals surface area contributed by atoms with E-state index in [0.717, 1.165) is 25.3 Å². The third-order valence-corrected chi connectivity index (χ3v) is 2.75. The molecule has 0 spiro atoms. The van der Waals surface area contributed by atoms with Gasteiger partial charge < -0.3 is 14.8 Å². The summed E-state index contributed by atoms with van der Waals surface area (Å²) < 4.78 is 11.2. The van der Waals surface area contributed by atoms with Gasteiger partial charge in [-0.1, -0.05) is 38.5 Å². The van der Waals surface area contributed by atoms with Crippen molar-refractivity contribution >= 4 is 0 Å². The molecule has 1 aromatic carbocycles. The summed E-state index contributed by atoms with van der Waals surface area (Å²) in [6.45, 7) is 11.4. The number of hydrogen-bond acceptors (Lipinski definition) is 3. The maximum absolute atomic E-state index is 5.81. The summed E-state index contributed by atoms with van der Waals surface area (Å²) in [7, 11) is 0. The van der Waals surface area contributed by atoms with Crippen molar-refractivity contribution in [3.63, 3.8) is 0 Å². The zero-order chi connectivity index (χ0) is 14.1. The lowest BCUT2D eigenvalue weighted by Crippen LogP contribution is -2.22. The normalized spacial score (nSPS) is 11.0. The first-order valence-corrected chi connectivity index (χ1v) is 7.17. The molecule has 0 amide bonds. The van der Waals surface area contributed by atoms with E-state index in [1.807, 2.05) is 6.07 Å². The fourth-order valence-electron chi connectivity index (χ4n) is 1.76. The molecule has 3 nitrogen and oxygen atoms in total. The van der Waals surface area contributed by atoms with Crippen LogP contribution in [0.1, 0.15) is 38.3 Å². The molecule has 0 atom stereocenters. The highest BCUT2D eigenvalue weighted by molar-refractivity contribution is 5.36. The van der Waals surface area contributed by atoms with Crippen LogP contribution in [0.15, 0.2) is 18.2 Å². The Hall–Kier alpha value is -1.06. The smallest absolute Gasteiger partial charge is 0.123 e. The quantitative estimate of drug-likeness (QED) is 0.695. The Labute approximate surface area is 117 Å². The van der Waals surface area contributed by atoms with Crippen molar-refractivity contribution in [1.29, 1.82) is 0 Å². The minimum Gasteiger partial charge on any atom is -0.491 e. The molecule has 1 rings (SSSR count).